The molecule has 25 heavy (non-hydrogen) atoms. The molecule has 0 saturated carbocycles. The summed E-state index contributed by atoms with van der Waals surface area (Å²) in [5.41, 5.74) is 1.83. The van der Waals surface area contributed by atoms with Crippen LogP contribution in [0.25, 0.3) is 0 Å². The smallest absolute Gasteiger partial charge is 0.161 e. The van der Waals surface area contributed by atoms with Crippen molar-refractivity contribution in [2.24, 2.45) is 4.99 Å². The fourth-order valence-electron chi connectivity index (χ4n) is 2.75. The molecule has 1 aliphatic rings. The molecule has 0 amide bonds. The normalized spacial score (nSPS) is 13.0. The maximum absolute atomic E-state index is 5.97. The van der Waals surface area contributed by atoms with Crippen LogP contribution in [-0.4, -0.2) is 40.3 Å². The molecule has 1 N–H and O–H groups in total. The van der Waals surface area contributed by atoms with Crippen molar-refractivity contribution < 1.29 is 18.9 Å². The lowest BCUT2D eigenvalue weighted by Gasteiger charge is -2.16. The fraction of sp³-hybridized carbons (Fsp3) is 0.316. The first-order valence-corrected chi connectivity index (χ1v) is 8.06. The Kier molecular flexibility index (Phi) is 5.28. The number of hydrogen-bond donors (Lipinski definition) is 1. The lowest BCUT2D eigenvalue weighted by atomic mass is 10.1. The van der Waals surface area contributed by atoms with E-state index in [1.54, 1.807) is 21.3 Å². The predicted molar refractivity (Wildman–Crippen MR) is 96.3 cm³/mol. The summed E-state index contributed by atoms with van der Waals surface area (Å²) in [5, 5.41) is 3.25. The van der Waals surface area contributed by atoms with E-state index < -0.39 is 0 Å². The van der Waals surface area contributed by atoms with Crippen LogP contribution in [0.3, 0.4) is 0 Å². The summed E-state index contributed by atoms with van der Waals surface area (Å²) in [6, 6.07) is 11.4. The third kappa shape index (κ3) is 3.63. The average molecular weight is 342 g/mol. The molecule has 6 heteroatoms. The molecular formula is C19H22N2O4. The van der Waals surface area contributed by atoms with Gasteiger partial charge in [0.25, 0.3) is 0 Å². The number of benzene rings is 2. The summed E-state index contributed by atoms with van der Waals surface area (Å²) < 4.78 is 22.3. The van der Waals surface area contributed by atoms with Gasteiger partial charge in [0.2, 0.25) is 0 Å². The Balaban J connectivity index is 1.82. The summed E-state index contributed by atoms with van der Waals surface area (Å²) >= 11 is 0. The number of amidine groups is 1. The summed E-state index contributed by atoms with van der Waals surface area (Å²) in [5.74, 6) is 3.63. The van der Waals surface area contributed by atoms with E-state index in [4.69, 9.17) is 18.9 Å². The van der Waals surface area contributed by atoms with Crippen LogP contribution in [0.4, 0.5) is 0 Å². The number of nitrogens with one attached hydrogen (secondary N) is 1. The number of methoxy groups -OCH3 is 3. The van der Waals surface area contributed by atoms with Crippen molar-refractivity contribution >= 4 is 5.84 Å². The van der Waals surface area contributed by atoms with Gasteiger partial charge in [0.1, 0.15) is 23.9 Å². The van der Waals surface area contributed by atoms with Gasteiger partial charge in [-0.2, -0.15) is 0 Å². The summed E-state index contributed by atoms with van der Waals surface area (Å²) in [6.07, 6.45) is 0. The van der Waals surface area contributed by atoms with Gasteiger partial charge in [-0.1, -0.05) is 6.07 Å². The van der Waals surface area contributed by atoms with E-state index >= 15 is 0 Å². The van der Waals surface area contributed by atoms with Crippen molar-refractivity contribution in [1.29, 1.82) is 0 Å². The van der Waals surface area contributed by atoms with Crippen molar-refractivity contribution in [1.82, 2.24) is 5.32 Å². The molecule has 0 radical (unpaired) electrons. The van der Waals surface area contributed by atoms with Gasteiger partial charge in [-0.3, -0.25) is 4.99 Å². The van der Waals surface area contributed by atoms with E-state index in [0.717, 1.165) is 41.6 Å². The van der Waals surface area contributed by atoms with Gasteiger partial charge < -0.3 is 24.3 Å². The van der Waals surface area contributed by atoms with Crippen LogP contribution >= 0.6 is 0 Å². The molecule has 0 saturated heterocycles. The molecule has 0 atom stereocenters. The molecule has 0 spiro atoms. The van der Waals surface area contributed by atoms with Crippen LogP contribution in [0.2, 0.25) is 0 Å². The lowest BCUT2D eigenvalue weighted by molar-refractivity contribution is 0.270. The van der Waals surface area contributed by atoms with Crippen molar-refractivity contribution in [3.05, 3.63) is 47.5 Å². The number of hydrogen-bond acceptors (Lipinski definition) is 6. The summed E-state index contributed by atoms with van der Waals surface area (Å²) in [7, 11) is 4.88. The first-order valence-electron chi connectivity index (χ1n) is 8.06. The Bertz CT molecular complexity index is 752. The van der Waals surface area contributed by atoms with Gasteiger partial charge in [-0.05, 0) is 30.3 Å². The quantitative estimate of drug-likeness (QED) is 0.838. The van der Waals surface area contributed by atoms with Gasteiger partial charge in [0, 0.05) is 12.1 Å². The van der Waals surface area contributed by atoms with Crippen LogP contribution in [0, 0.1) is 0 Å². The lowest BCUT2D eigenvalue weighted by Crippen LogP contribution is -2.19. The monoisotopic (exact) mass is 342 g/mol. The number of ether oxygens (including phenoxy) is 4. The third-order valence-corrected chi connectivity index (χ3v) is 4.01. The Hall–Kier alpha value is -2.89. The fourth-order valence-corrected chi connectivity index (χ4v) is 2.75. The highest BCUT2D eigenvalue weighted by Crippen LogP contribution is 2.33. The SMILES string of the molecule is COc1cc(C2=NCCN2)ccc1OCc1c(OC)cccc1OC. The van der Waals surface area contributed by atoms with Crippen molar-refractivity contribution in [3.8, 4) is 23.0 Å². The van der Waals surface area contributed by atoms with Crippen LogP contribution in [0.15, 0.2) is 41.4 Å². The number of rotatable bonds is 7. The zero-order valence-electron chi connectivity index (χ0n) is 14.7. The molecule has 6 nitrogen and oxygen atoms in total. The van der Waals surface area contributed by atoms with Gasteiger partial charge in [-0.15, -0.1) is 0 Å². The molecule has 0 aliphatic carbocycles. The minimum absolute atomic E-state index is 0.308. The molecular weight excluding hydrogens is 320 g/mol. The van der Waals surface area contributed by atoms with Crippen LogP contribution in [-0.2, 0) is 6.61 Å². The maximum atomic E-state index is 5.97. The highest BCUT2D eigenvalue weighted by atomic mass is 16.5. The Morgan fingerprint density at radius 2 is 1.64 bits per heavy atom. The van der Waals surface area contributed by atoms with Gasteiger partial charge in [-0.25, -0.2) is 0 Å². The molecule has 1 aliphatic heterocycles. The summed E-state index contributed by atoms with van der Waals surface area (Å²) in [6.45, 7) is 1.97. The molecule has 2 aromatic rings. The average Bonchev–Trinajstić information content (AvgIpc) is 3.20. The number of nitrogens with zero attached hydrogens (tertiary/aromatic N) is 1. The van der Waals surface area contributed by atoms with E-state index in [0.29, 0.717) is 18.1 Å². The Morgan fingerprint density at radius 1 is 0.920 bits per heavy atom. The van der Waals surface area contributed by atoms with Crippen LogP contribution in [0.1, 0.15) is 11.1 Å². The topological polar surface area (TPSA) is 61.3 Å². The second-order valence-electron chi connectivity index (χ2n) is 5.45. The highest BCUT2D eigenvalue weighted by Gasteiger charge is 2.15. The minimum Gasteiger partial charge on any atom is -0.496 e. The van der Waals surface area contributed by atoms with Gasteiger partial charge >= 0.3 is 0 Å². The molecule has 0 bridgehead atoms. The van der Waals surface area contributed by atoms with Crippen LogP contribution in [0.5, 0.6) is 23.0 Å². The maximum Gasteiger partial charge on any atom is 0.161 e. The van der Waals surface area contributed by atoms with Gasteiger partial charge in [0.15, 0.2) is 11.5 Å². The van der Waals surface area contributed by atoms with Gasteiger partial charge in [0.05, 0.1) is 33.4 Å². The Labute approximate surface area is 147 Å². The first-order chi connectivity index (χ1) is 12.3. The predicted octanol–water partition coefficient (Wildman–Crippen LogP) is 2.64. The zero-order chi connectivity index (χ0) is 17.6. The molecule has 0 unspecified atom stereocenters. The van der Waals surface area contributed by atoms with Crippen molar-refractivity contribution in [3.63, 3.8) is 0 Å². The highest BCUT2D eigenvalue weighted by molar-refractivity contribution is 6.00. The minimum atomic E-state index is 0.308. The largest absolute Gasteiger partial charge is 0.496 e. The van der Waals surface area contributed by atoms with Crippen molar-refractivity contribution in [2.45, 2.75) is 6.61 Å². The molecule has 0 fully saturated rings. The van der Waals surface area contributed by atoms with Crippen molar-refractivity contribution in [2.75, 3.05) is 34.4 Å². The van der Waals surface area contributed by atoms with E-state index in [-0.39, 0.29) is 0 Å². The van der Waals surface area contributed by atoms with Crippen LogP contribution < -0.4 is 24.3 Å². The molecule has 132 valence electrons. The third-order valence-electron chi connectivity index (χ3n) is 4.01. The van der Waals surface area contributed by atoms with E-state index in [1.807, 2.05) is 36.4 Å². The second kappa shape index (κ2) is 7.79. The molecule has 3 rings (SSSR count). The molecule has 1 heterocycles. The zero-order valence-corrected chi connectivity index (χ0v) is 14.7. The second-order valence-corrected chi connectivity index (χ2v) is 5.45. The number of aliphatic imine (C=N–C) groups is 1. The molecule has 2 aromatic carbocycles. The van der Waals surface area contributed by atoms with E-state index in [9.17, 15) is 0 Å². The molecule has 0 aromatic heterocycles. The first kappa shape index (κ1) is 17.0. The standard InChI is InChI=1S/C19H22N2O4/c1-22-15-5-4-6-16(23-2)14(15)12-25-17-8-7-13(11-18(17)24-3)19-20-9-10-21-19/h4-8,11H,9-10,12H2,1-3H3,(H,20,21). The summed E-state index contributed by atoms with van der Waals surface area (Å²) in [4.78, 5) is 4.43. The Morgan fingerprint density at radius 3 is 2.24 bits per heavy atom. The van der Waals surface area contributed by atoms with E-state index in [2.05, 4.69) is 10.3 Å². The van der Waals surface area contributed by atoms with E-state index in [1.165, 1.54) is 0 Å².